The molecule has 0 bridgehead atoms. The molecule has 1 radical (unpaired) electrons. The van der Waals surface area contributed by atoms with Crippen LogP contribution in [0.25, 0.3) is 0 Å². The van der Waals surface area contributed by atoms with E-state index in [1.165, 1.54) is 0 Å². The van der Waals surface area contributed by atoms with Gasteiger partial charge in [-0.1, -0.05) is 0 Å². The Balaban J connectivity index is 0. The molecule has 0 saturated heterocycles. The van der Waals surface area contributed by atoms with Gasteiger partial charge in [-0.15, -0.1) is 11.6 Å². The summed E-state index contributed by atoms with van der Waals surface area (Å²) in [6.45, 7) is -0.139. The van der Waals surface area contributed by atoms with E-state index in [0.29, 0.717) is 0 Å². The van der Waals surface area contributed by atoms with Crippen molar-refractivity contribution < 1.29 is 23.9 Å². The average molecular weight is 255 g/mol. The number of hydrogen-bond acceptors (Lipinski definition) is 4. The Kier molecular flexibility index (Phi) is 11.3. The Bertz CT molecular complexity index is 210. The standard InChI is InChI=1S/C5H11ClNO5P.Na/c6-1-2-12-5(8)3-7-4-13(9,10)11;/h7H,1-4H2,(H2,9,10,11);. The maximum atomic E-state index is 10.7. The van der Waals surface area contributed by atoms with Gasteiger partial charge in [0.25, 0.3) is 0 Å². The van der Waals surface area contributed by atoms with Crippen LogP contribution in [0.3, 0.4) is 0 Å². The molecule has 9 heteroatoms. The molecule has 0 heterocycles. The first-order chi connectivity index (χ1) is 5.95. The summed E-state index contributed by atoms with van der Waals surface area (Å²) in [5.41, 5.74) is 0. The molecule has 0 rings (SSSR count). The van der Waals surface area contributed by atoms with Gasteiger partial charge in [0.2, 0.25) is 0 Å². The largest absolute Gasteiger partial charge is 0.463 e. The Morgan fingerprint density at radius 2 is 2.07 bits per heavy atom. The van der Waals surface area contributed by atoms with Crippen LogP contribution in [0.5, 0.6) is 0 Å². The summed E-state index contributed by atoms with van der Waals surface area (Å²) < 4.78 is 14.8. The first kappa shape index (κ1) is 17.3. The van der Waals surface area contributed by atoms with Crippen molar-refractivity contribution in [3.8, 4) is 0 Å². The molecule has 79 valence electrons. The first-order valence-electron chi connectivity index (χ1n) is 3.42. The Morgan fingerprint density at radius 3 is 2.50 bits per heavy atom. The van der Waals surface area contributed by atoms with Crippen LogP contribution in [-0.4, -0.2) is 70.6 Å². The summed E-state index contributed by atoms with van der Waals surface area (Å²) in [4.78, 5) is 27.5. The summed E-state index contributed by atoms with van der Waals surface area (Å²) >= 11 is 5.23. The van der Waals surface area contributed by atoms with E-state index in [2.05, 4.69) is 10.1 Å². The summed E-state index contributed by atoms with van der Waals surface area (Å²) in [6.07, 6.45) is -0.539. The van der Waals surface area contributed by atoms with Crippen LogP contribution in [0.4, 0.5) is 0 Å². The van der Waals surface area contributed by atoms with Gasteiger partial charge >= 0.3 is 13.6 Å². The second-order valence-corrected chi connectivity index (χ2v) is 4.18. The zero-order chi connectivity index (χ0) is 10.3. The number of esters is 1. The van der Waals surface area contributed by atoms with Gasteiger partial charge in [0.15, 0.2) is 0 Å². The molecule has 0 atom stereocenters. The number of rotatable bonds is 6. The quantitative estimate of drug-likeness (QED) is 0.246. The fourth-order valence-corrected chi connectivity index (χ4v) is 0.987. The third-order valence-corrected chi connectivity index (χ3v) is 1.72. The summed E-state index contributed by atoms with van der Waals surface area (Å²) in [7, 11) is -4.09. The van der Waals surface area contributed by atoms with Gasteiger partial charge in [-0.2, -0.15) is 0 Å². The van der Waals surface area contributed by atoms with Crippen molar-refractivity contribution in [3.05, 3.63) is 0 Å². The third-order valence-electron chi connectivity index (χ3n) is 0.927. The van der Waals surface area contributed by atoms with Crippen LogP contribution in [0.2, 0.25) is 0 Å². The average Bonchev–Trinajstić information content (AvgIpc) is 1.98. The maximum Gasteiger partial charge on any atom is 0.339 e. The fourth-order valence-electron chi connectivity index (χ4n) is 0.507. The summed E-state index contributed by atoms with van der Waals surface area (Å²) in [5.74, 6) is -0.390. The van der Waals surface area contributed by atoms with E-state index in [9.17, 15) is 9.36 Å². The summed E-state index contributed by atoms with van der Waals surface area (Å²) in [5, 5.41) is 2.25. The number of carbonyl (C=O) groups excluding carboxylic acids is 1. The number of nitrogens with one attached hydrogen (secondary N) is 1. The van der Waals surface area contributed by atoms with Crippen molar-refractivity contribution in [2.75, 3.05) is 25.3 Å². The minimum Gasteiger partial charge on any atom is -0.463 e. The van der Waals surface area contributed by atoms with Crippen molar-refractivity contribution in [2.45, 2.75) is 0 Å². The van der Waals surface area contributed by atoms with E-state index in [1.54, 1.807) is 0 Å². The number of halogens is 1. The molecule has 0 saturated carbocycles. The third kappa shape index (κ3) is 12.9. The Morgan fingerprint density at radius 1 is 1.50 bits per heavy atom. The first-order valence-corrected chi connectivity index (χ1v) is 5.76. The molecule has 0 aromatic rings. The van der Waals surface area contributed by atoms with Gasteiger partial charge in [0.1, 0.15) is 6.61 Å². The van der Waals surface area contributed by atoms with Crippen LogP contribution in [0.15, 0.2) is 0 Å². The maximum absolute atomic E-state index is 10.7. The molecule has 14 heavy (non-hydrogen) atoms. The SMILES string of the molecule is O=C(CNCP(=O)(O)O)OCCCl.[Na]. The number of alkyl halides is 1. The molecule has 0 aromatic carbocycles. The van der Waals surface area contributed by atoms with Gasteiger partial charge in [-0.05, 0) is 0 Å². The van der Waals surface area contributed by atoms with Gasteiger partial charge < -0.3 is 14.5 Å². The normalized spacial score (nSPS) is 10.5. The van der Waals surface area contributed by atoms with Crippen LogP contribution in [0, 0.1) is 0 Å². The summed E-state index contributed by atoms with van der Waals surface area (Å²) in [6, 6.07) is 0. The molecular weight excluding hydrogens is 243 g/mol. The smallest absolute Gasteiger partial charge is 0.339 e. The molecule has 0 aliphatic rings. The minimum atomic E-state index is -4.09. The molecule has 0 amide bonds. The van der Waals surface area contributed by atoms with Gasteiger partial charge in [0, 0.05) is 29.6 Å². The molecule has 3 N–H and O–H groups in total. The van der Waals surface area contributed by atoms with E-state index in [-0.39, 0.29) is 48.6 Å². The fraction of sp³-hybridized carbons (Fsp3) is 0.800. The second-order valence-electron chi connectivity index (χ2n) is 2.16. The number of carbonyl (C=O) groups is 1. The minimum absolute atomic E-state index is 0. The van der Waals surface area contributed by atoms with Crippen LogP contribution in [0.1, 0.15) is 0 Å². The Labute approximate surface area is 109 Å². The Hall–Kier alpha value is 0.870. The van der Waals surface area contributed by atoms with Gasteiger partial charge in [0.05, 0.1) is 18.7 Å². The van der Waals surface area contributed by atoms with Crippen molar-refractivity contribution >= 4 is 54.7 Å². The number of hydrogen-bond donors (Lipinski definition) is 3. The molecule has 0 aliphatic carbocycles. The second kappa shape index (κ2) is 9.12. The molecular formula is C5H11ClNNaO5P. The van der Waals surface area contributed by atoms with Crippen molar-refractivity contribution in [1.82, 2.24) is 5.32 Å². The van der Waals surface area contributed by atoms with Crippen molar-refractivity contribution in [3.63, 3.8) is 0 Å². The molecule has 0 fully saturated rings. The molecule has 0 spiro atoms. The van der Waals surface area contributed by atoms with Gasteiger partial charge in [-0.3, -0.25) is 14.7 Å². The van der Waals surface area contributed by atoms with Crippen molar-refractivity contribution in [1.29, 1.82) is 0 Å². The zero-order valence-electron chi connectivity index (χ0n) is 7.77. The van der Waals surface area contributed by atoms with Crippen molar-refractivity contribution in [2.24, 2.45) is 0 Å². The van der Waals surface area contributed by atoms with E-state index in [0.717, 1.165) is 0 Å². The predicted molar refractivity (Wildman–Crippen MR) is 52.3 cm³/mol. The predicted octanol–water partition coefficient (Wildman–Crippen LogP) is -0.888. The van der Waals surface area contributed by atoms with Crippen LogP contribution in [-0.2, 0) is 14.1 Å². The van der Waals surface area contributed by atoms with Crippen LogP contribution >= 0.6 is 19.2 Å². The van der Waals surface area contributed by atoms with E-state index < -0.39 is 19.9 Å². The van der Waals surface area contributed by atoms with Gasteiger partial charge in [-0.25, -0.2) is 0 Å². The number of ether oxygens (including phenoxy) is 1. The monoisotopic (exact) mass is 254 g/mol. The van der Waals surface area contributed by atoms with E-state index in [1.807, 2.05) is 0 Å². The molecule has 0 unspecified atom stereocenters. The zero-order valence-corrected chi connectivity index (χ0v) is 11.4. The van der Waals surface area contributed by atoms with E-state index in [4.69, 9.17) is 21.4 Å². The molecule has 0 aliphatic heterocycles. The molecule has 6 nitrogen and oxygen atoms in total. The topological polar surface area (TPSA) is 95.9 Å². The molecule has 0 aromatic heterocycles. The van der Waals surface area contributed by atoms with Crippen LogP contribution < -0.4 is 5.32 Å². The van der Waals surface area contributed by atoms with E-state index >= 15 is 0 Å².